The van der Waals surface area contributed by atoms with Crippen molar-refractivity contribution in [3.63, 3.8) is 0 Å². The minimum Gasteiger partial charge on any atom is -0.394 e. The van der Waals surface area contributed by atoms with E-state index >= 15 is 0 Å². The molecule has 0 aromatic heterocycles. The van der Waals surface area contributed by atoms with Crippen LogP contribution in [0.3, 0.4) is 0 Å². The molecule has 3 saturated heterocycles. The zero-order chi connectivity index (χ0) is 16.8. The van der Waals surface area contributed by atoms with Gasteiger partial charge < -0.3 is 34.6 Å². The van der Waals surface area contributed by atoms with Crippen molar-refractivity contribution >= 4 is 0 Å². The maximum absolute atomic E-state index is 10.0. The lowest BCUT2D eigenvalue weighted by atomic mass is 9.68. The predicted octanol–water partition coefficient (Wildman–Crippen LogP) is -0.459. The second-order valence-corrected chi connectivity index (χ2v) is 7.65. The third-order valence-electron chi connectivity index (χ3n) is 5.77. The molecule has 0 spiro atoms. The van der Waals surface area contributed by atoms with E-state index in [9.17, 15) is 20.4 Å². The maximum atomic E-state index is 10.0. The Kier molecular flexibility index (Phi) is 4.74. The van der Waals surface area contributed by atoms with Gasteiger partial charge in [0.25, 0.3) is 0 Å². The van der Waals surface area contributed by atoms with Crippen LogP contribution < -0.4 is 0 Å². The topological polar surface area (TPSA) is 109 Å². The summed E-state index contributed by atoms with van der Waals surface area (Å²) in [4.78, 5) is 0. The van der Waals surface area contributed by atoms with Crippen molar-refractivity contribution in [2.24, 2.45) is 5.92 Å². The molecule has 7 heteroatoms. The largest absolute Gasteiger partial charge is 0.394 e. The summed E-state index contributed by atoms with van der Waals surface area (Å²) in [6, 6.07) is 0. The van der Waals surface area contributed by atoms with Gasteiger partial charge in [0.1, 0.15) is 24.4 Å². The van der Waals surface area contributed by atoms with Crippen LogP contribution in [0.1, 0.15) is 39.5 Å². The fraction of sp³-hybridized carbons (Fsp3) is 1.00. The second kappa shape index (κ2) is 6.22. The van der Waals surface area contributed by atoms with Crippen molar-refractivity contribution < 1.29 is 34.6 Å². The van der Waals surface area contributed by atoms with Crippen molar-refractivity contribution in [3.05, 3.63) is 0 Å². The monoisotopic (exact) mass is 332 g/mol. The Morgan fingerprint density at radius 2 is 1.70 bits per heavy atom. The highest BCUT2D eigenvalue weighted by atomic mass is 16.7. The minimum atomic E-state index is -1.42. The normalized spacial score (nSPS) is 53.5. The summed E-state index contributed by atoms with van der Waals surface area (Å²) in [5.41, 5.74) is -0.577. The fourth-order valence-electron chi connectivity index (χ4n) is 4.19. The van der Waals surface area contributed by atoms with Crippen LogP contribution >= 0.6 is 0 Å². The zero-order valence-electron chi connectivity index (χ0n) is 13.7. The van der Waals surface area contributed by atoms with Crippen LogP contribution in [0.4, 0.5) is 0 Å². The Balaban J connectivity index is 1.63. The van der Waals surface area contributed by atoms with Gasteiger partial charge in [-0.25, -0.2) is 0 Å². The molecule has 4 rings (SSSR count). The first-order valence-corrected chi connectivity index (χ1v) is 8.40. The molecule has 4 fully saturated rings. The SMILES string of the molecule is CC12CCC(CC1)C(C)(CO[C@@H]1O[C@H](CO)[C@@H](O)[C@H](O)[C@H]1O)O2. The Morgan fingerprint density at radius 1 is 1.04 bits per heavy atom. The number of hydrogen-bond donors (Lipinski definition) is 4. The number of ether oxygens (including phenoxy) is 3. The molecule has 0 aromatic carbocycles. The molecular weight excluding hydrogens is 304 g/mol. The van der Waals surface area contributed by atoms with E-state index in [1.165, 1.54) is 0 Å². The summed E-state index contributed by atoms with van der Waals surface area (Å²) >= 11 is 0. The van der Waals surface area contributed by atoms with E-state index in [1.54, 1.807) is 0 Å². The smallest absolute Gasteiger partial charge is 0.186 e. The average Bonchev–Trinajstić information content (AvgIpc) is 2.52. The van der Waals surface area contributed by atoms with E-state index < -0.39 is 42.9 Å². The van der Waals surface area contributed by atoms with Crippen LogP contribution in [-0.4, -0.2) is 75.5 Å². The van der Waals surface area contributed by atoms with Gasteiger partial charge in [-0.3, -0.25) is 0 Å². The van der Waals surface area contributed by atoms with E-state index in [4.69, 9.17) is 14.2 Å². The molecule has 1 saturated carbocycles. The summed E-state index contributed by atoms with van der Waals surface area (Å²) in [7, 11) is 0. The highest BCUT2D eigenvalue weighted by Crippen LogP contribution is 2.49. The molecule has 3 heterocycles. The molecule has 6 atom stereocenters. The average molecular weight is 332 g/mol. The molecule has 1 aliphatic carbocycles. The number of aliphatic hydroxyl groups excluding tert-OH is 4. The zero-order valence-corrected chi connectivity index (χ0v) is 13.7. The van der Waals surface area contributed by atoms with E-state index in [0.29, 0.717) is 5.92 Å². The van der Waals surface area contributed by atoms with Crippen LogP contribution in [0, 0.1) is 5.92 Å². The first-order chi connectivity index (χ1) is 10.8. The van der Waals surface area contributed by atoms with Crippen molar-refractivity contribution in [3.8, 4) is 0 Å². The standard InChI is InChI=1S/C16H28O7/c1-15-5-3-9(4-6-15)16(2,23-15)8-21-14-13(20)12(19)11(18)10(7-17)22-14/h9-14,17-20H,3-8H2,1-2H3/t9?,10-,11-,12+,13-,14-,15?,16?/m1/s1. The molecule has 4 aliphatic rings. The first-order valence-electron chi connectivity index (χ1n) is 8.40. The van der Waals surface area contributed by atoms with Gasteiger partial charge in [0.05, 0.1) is 24.4 Å². The van der Waals surface area contributed by atoms with Crippen LogP contribution in [0.2, 0.25) is 0 Å². The quantitative estimate of drug-likeness (QED) is 0.552. The van der Waals surface area contributed by atoms with Gasteiger partial charge in [0.2, 0.25) is 0 Å². The van der Waals surface area contributed by atoms with E-state index in [2.05, 4.69) is 6.92 Å². The molecular formula is C16H28O7. The lowest BCUT2D eigenvalue weighted by Gasteiger charge is -2.55. The fourth-order valence-corrected chi connectivity index (χ4v) is 4.19. The Bertz CT molecular complexity index is 421. The third kappa shape index (κ3) is 3.16. The van der Waals surface area contributed by atoms with Crippen LogP contribution in [-0.2, 0) is 14.2 Å². The van der Waals surface area contributed by atoms with Crippen molar-refractivity contribution in [2.45, 2.75) is 81.4 Å². The minimum absolute atomic E-state index is 0.123. The maximum Gasteiger partial charge on any atom is 0.186 e. The van der Waals surface area contributed by atoms with Crippen molar-refractivity contribution in [1.29, 1.82) is 0 Å². The summed E-state index contributed by atoms with van der Waals surface area (Å²) in [5.74, 6) is 0.397. The molecule has 2 bridgehead atoms. The molecule has 0 amide bonds. The van der Waals surface area contributed by atoms with E-state index in [1.807, 2.05) is 6.92 Å². The van der Waals surface area contributed by atoms with Gasteiger partial charge in [-0.1, -0.05) is 0 Å². The number of rotatable bonds is 4. The predicted molar refractivity (Wildman–Crippen MR) is 79.6 cm³/mol. The summed E-state index contributed by atoms with van der Waals surface area (Å²) < 4.78 is 17.4. The summed E-state index contributed by atoms with van der Waals surface area (Å²) in [5, 5.41) is 38.8. The molecule has 3 aliphatic heterocycles. The van der Waals surface area contributed by atoms with Gasteiger partial charge in [-0.15, -0.1) is 0 Å². The van der Waals surface area contributed by atoms with Crippen LogP contribution in [0.5, 0.6) is 0 Å². The van der Waals surface area contributed by atoms with Crippen molar-refractivity contribution in [1.82, 2.24) is 0 Å². The molecule has 134 valence electrons. The molecule has 0 radical (unpaired) electrons. The second-order valence-electron chi connectivity index (χ2n) is 7.65. The van der Waals surface area contributed by atoms with Gasteiger partial charge in [0.15, 0.2) is 6.29 Å². The summed E-state index contributed by atoms with van der Waals surface area (Å²) in [6.45, 7) is 3.90. The lowest BCUT2D eigenvalue weighted by molar-refractivity contribution is -0.325. The van der Waals surface area contributed by atoms with Crippen molar-refractivity contribution in [2.75, 3.05) is 13.2 Å². The van der Waals surface area contributed by atoms with E-state index in [-0.39, 0.29) is 12.2 Å². The number of aliphatic hydroxyl groups is 4. The summed E-state index contributed by atoms with van der Waals surface area (Å²) in [6.07, 6.45) is -1.93. The first kappa shape index (κ1) is 17.5. The van der Waals surface area contributed by atoms with Gasteiger partial charge in [0, 0.05) is 0 Å². The molecule has 23 heavy (non-hydrogen) atoms. The Labute approximate surface area is 136 Å². The Hall–Kier alpha value is -0.280. The van der Waals surface area contributed by atoms with Crippen LogP contribution in [0.25, 0.3) is 0 Å². The number of hydrogen-bond acceptors (Lipinski definition) is 7. The number of fused-ring (bicyclic) bond motifs is 3. The lowest BCUT2D eigenvalue weighted by Crippen LogP contribution is -2.61. The molecule has 7 nitrogen and oxygen atoms in total. The van der Waals surface area contributed by atoms with Crippen LogP contribution in [0.15, 0.2) is 0 Å². The van der Waals surface area contributed by atoms with E-state index in [0.717, 1.165) is 25.7 Å². The third-order valence-corrected chi connectivity index (χ3v) is 5.77. The van der Waals surface area contributed by atoms with Gasteiger partial charge >= 0.3 is 0 Å². The molecule has 0 aromatic rings. The molecule has 1 unspecified atom stereocenters. The van der Waals surface area contributed by atoms with Gasteiger partial charge in [-0.2, -0.15) is 0 Å². The van der Waals surface area contributed by atoms with Gasteiger partial charge in [-0.05, 0) is 45.4 Å². The molecule has 4 N–H and O–H groups in total. The Morgan fingerprint density at radius 3 is 2.26 bits per heavy atom. The highest BCUT2D eigenvalue weighted by Gasteiger charge is 2.52. The highest BCUT2D eigenvalue weighted by molar-refractivity contribution is 5.00.